The average Bonchev–Trinajstić information content (AvgIpc) is 3.39. The van der Waals surface area contributed by atoms with Crippen molar-refractivity contribution < 1.29 is 9.59 Å². The fourth-order valence-corrected chi connectivity index (χ4v) is 2.88. The number of rotatable bonds is 6. The van der Waals surface area contributed by atoms with Gasteiger partial charge in [-0.3, -0.25) is 14.6 Å². The minimum atomic E-state index is -0.248. The first-order chi connectivity index (χ1) is 12.4. The highest BCUT2D eigenvalue weighted by Gasteiger charge is 2.45. The Hall–Kier alpha value is -2.63. The van der Waals surface area contributed by atoms with Crippen LogP contribution in [0.4, 0.5) is 0 Å². The molecule has 0 saturated heterocycles. The van der Waals surface area contributed by atoms with Crippen LogP contribution >= 0.6 is 0 Å². The number of nitrogens with one attached hydrogen (secondary N) is 3. The van der Waals surface area contributed by atoms with Gasteiger partial charge in [0.1, 0.15) is 5.82 Å². The van der Waals surface area contributed by atoms with Gasteiger partial charge in [-0.25, -0.2) is 0 Å². The van der Waals surface area contributed by atoms with Crippen LogP contribution in [0.2, 0.25) is 0 Å². The molecule has 6 nitrogen and oxygen atoms in total. The predicted octanol–water partition coefficient (Wildman–Crippen LogP) is 1.86. The van der Waals surface area contributed by atoms with E-state index in [-0.39, 0.29) is 17.2 Å². The Morgan fingerprint density at radius 2 is 2.12 bits per heavy atom. The van der Waals surface area contributed by atoms with E-state index in [1.807, 2.05) is 19.9 Å². The number of hydrogen-bond acceptors (Lipinski definition) is 4. The van der Waals surface area contributed by atoms with Crippen LogP contribution in [0, 0.1) is 12.3 Å². The van der Waals surface area contributed by atoms with Crippen LogP contribution in [0.25, 0.3) is 0 Å². The highest BCUT2D eigenvalue weighted by atomic mass is 16.2. The Kier molecular flexibility index (Phi) is 5.11. The smallest absolute Gasteiger partial charge is 0.251 e. The molecule has 2 amide bonds. The lowest BCUT2D eigenvalue weighted by atomic mass is 10.1. The summed E-state index contributed by atoms with van der Waals surface area (Å²) in [5, 5.41) is 8.89. The van der Waals surface area contributed by atoms with E-state index in [9.17, 15) is 9.59 Å². The molecular weight excluding hydrogens is 328 g/mol. The third-order valence-corrected chi connectivity index (χ3v) is 5.00. The summed E-state index contributed by atoms with van der Waals surface area (Å²) in [5.41, 5.74) is 3.49. The van der Waals surface area contributed by atoms with Crippen LogP contribution in [0.1, 0.15) is 43.5 Å². The molecule has 2 heterocycles. The van der Waals surface area contributed by atoms with Gasteiger partial charge in [0.2, 0.25) is 5.91 Å². The van der Waals surface area contributed by atoms with Gasteiger partial charge < -0.3 is 16.0 Å². The molecule has 0 spiro atoms. The van der Waals surface area contributed by atoms with Crippen LogP contribution in [-0.2, 0) is 22.6 Å². The Labute approximate surface area is 154 Å². The molecule has 0 unspecified atom stereocenters. The fraction of sp³-hybridized carbons (Fsp3) is 0.450. The number of dihydropyridines is 1. The summed E-state index contributed by atoms with van der Waals surface area (Å²) in [5.74, 6) is 0.434. The van der Waals surface area contributed by atoms with Crippen molar-refractivity contribution in [3.8, 4) is 0 Å². The molecule has 0 radical (unpaired) electrons. The molecule has 1 saturated carbocycles. The van der Waals surface area contributed by atoms with Gasteiger partial charge in [-0.05, 0) is 43.4 Å². The molecule has 1 aromatic rings. The van der Waals surface area contributed by atoms with Crippen LogP contribution in [-0.4, -0.2) is 23.3 Å². The second-order valence-corrected chi connectivity index (χ2v) is 7.26. The molecule has 0 atom stereocenters. The first-order valence-corrected chi connectivity index (χ1v) is 9.11. The number of hydrogen-bond donors (Lipinski definition) is 3. The minimum absolute atomic E-state index is 0.00970. The van der Waals surface area contributed by atoms with Crippen molar-refractivity contribution >= 4 is 11.8 Å². The molecule has 1 fully saturated rings. The molecule has 6 heteroatoms. The van der Waals surface area contributed by atoms with E-state index in [1.54, 1.807) is 12.3 Å². The molecule has 1 aliphatic heterocycles. The Morgan fingerprint density at radius 3 is 2.77 bits per heavy atom. The second-order valence-electron chi connectivity index (χ2n) is 7.26. The minimum Gasteiger partial charge on any atom is -0.368 e. The van der Waals surface area contributed by atoms with E-state index in [1.165, 1.54) is 0 Å². The summed E-state index contributed by atoms with van der Waals surface area (Å²) in [7, 11) is 0. The first-order valence-electron chi connectivity index (χ1n) is 9.11. The molecule has 1 aromatic heterocycles. The lowest BCUT2D eigenvalue weighted by molar-refractivity contribution is -0.125. The van der Waals surface area contributed by atoms with Crippen LogP contribution in [0.5, 0.6) is 0 Å². The van der Waals surface area contributed by atoms with Gasteiger partial charge in [-0.1, -0.05) is 26.0 Å². The van der Waals surface area contributed by atoms with Crippen LogP contribution in [0.3, 0.4) is 0 Å². The maximum absolute atomic E-state index is 12.4. The van der Waals surface area contributed by atoms with Crippen molar-refractivity contribution in [2.75, 3.05) is 6.54 Å². The summed E-state index contributed by atoms with van der Waals surface area (Å²) in [6, 6.07) is 2.06. The van der Waals surface area contributed by atoms with Crippen molar-refractivity contribution in [2.45, 2.75) is 46.6 Å². The molecule has 2 aliphatic rings. The summed E-state index contributed by atoms with van der Waals surface area (Å²) in [6.45, 7) is 7.00. The molecular formula is C20H26N4O2. The molecule has 3 rings (SSSR count). The van der Waals surface area contributed by atoms with E-state index in [0.717, 1.165) is 36.1 Å². The number of nitrogens with zero attached hydrogens (tertiary/aromatic N) is 1. The lowest BCUT2D eigenvalue weighted by Gasteiger charge is -2.18. The highest BCUT2D eigenvalue weighted by Crippen LogP contribution is 2.45. The third kappa shape index (κ3) is 4.12. The number of amides is 2. The van der Waals surface area contributed by atoms with E-state index >= 15 is 0 Å². The zero-order chi connectivity index (χ0) is 18.7. The molecule has 0 bridgehead atoms. The van der Waals surface area contributed by atoms with Gasteiger partial charge in [0.25, 0.3) is 5.91 Å². The van der Waals surface area contributed by atoms with Gasteiger partial charge in [-0.2, -0.15) is 0 Å². The van der Waals surface area contributed by atoms with Crippen LogP contribution in [0.15, 0.2) is 35.8 Å². The second kappa shape index (κ2) is 7.32. The fourth-order valence-electron chi connectivity index (χ4n) is 2.88. The molecule has 3 N–H and O–H groups in total. The topological polar surface area (TPSA) is 83.1 Å². The maximum atomic E-state index is 12.4. The zero-order valence-electron chi connectivity index (χ0n) is 15.6. The normalized spacial score (nSPS) is 17.5. The highest BCUT2D eigenvalue weighted by molar-refractivity contribution is 5.97. The molecule has 0 aromatic carbocycles. The Balaban J connectivity index is 1.58. The molecule has 138 valence electrons. The summed E-state index contributed by atoms with van der Waals surface area (Å²) < 4.78 is 0. The predicted molar refractivity (Wildman–Crippen MR) is 99.9 cm³/mol. The van der Waals surface area contributed by atoms with E-state index in [4.69, 9.17) is 0 Å². The summed E-state index contributed by atoms with van der Waals surface area (Å²) in [6.07, 6.45) is 8.04. The van der Waals surface area contributed by atoms with E-state index in [2.05, 4.69) is 33.9 Å². The molecule has 26 heavy (non-hydrogen) atoms. The first kappa shape index (κ1) is 18.2. The van der Waals surface area contributed by atoms with E-state index in [0.29, 0.717) is 24.5 Å². The largest absolute Gasteiger partial charge is 0.368 e. The lowest BCUT2D eigenvalue weighted by Crippen LogP contribution is -2.38. The van der Waals surface area contributed by atoms with Crippen molar-refractivity contribution in [3.63, 3.8) is 0 Å². The van der Waals surface area contributed by atoms with Gasteiger partial charge in [0, 0.05) is 36.0 Å². The number of aryl methyl sites for hydroxylation is 2. The summed E-state index contributed by atoms with van der Waals surface area (Å²) in [4.78, 5) is 29.0. The van der Waals surface area contributed by atoms with Gasteiger partial charge in [0.05, 0.1) is 0 Å². The standard InChI is InChI=1S/C20H26N4O2/c1-4-16-13(2)9-14(11-22-16)12-23-18(25)15-5-8-21-17(10-15)24-19(26)20(3)6-7-20/h5,9-11,21H,4,6-8,12H2,1-3H3,(H,23,25)(H,24,26). The van der Waals surface area contributed by atoms with Crippen LogP contribution < -0.4 is 16.0 Å². The van der Waals surface area contributed by atoms with Crippen molar-refractivity contribution in [2.24, 2.45) is 5.41 Å². The number of pyridine rings is 1. The number of aromatic nitrogens is 1. The Morgan fingerprint density at radius 1 is 1.35 bits per heavy atom. The van der Waals surface area contributed by atoms with Gasteiger partial charge >= 0.3 is 0 Å². The number of carbonyl (C=O) groups excluding carboxylic acids is 2. The van der Waals surface area contributed by atoms with Crippen molar-refractivity contribution in [1.82, 2.24) is 20.9 Å². The van der Waals surface area contributed by atoms with Crippen molar-refractivity contribution in [1.29, 1.82) is 0 Å². The monoisotopic (exact) mass is 354 g/mol. The average molecular weight is 354 g/mol. The number of carbonyl (C=O) groups is 2. The zero-order valence-corrected chi connectivity index (χ0v) is 15.6. The SMILES string of the molecule is CCc1ncc(CNC(=O)C2=CCNC(NC(=O)C3(C)CC3)=C2)cc1C. The maximum Gasteiger partial charge on any atom is 0.251 e. The molecule has 1 aliphatic carbocycles. The van der Waals surface area contributed by atoms with Crippen molar-refractivity contribution in [3.05, 3.63) is 52.6 Å². The summed E-state index contributed by atoms with van der Waals surface area (Å²) >= 11 is 0. The van der Waals surface area contributed by atoms with Gasteiger partial charge in [-0.15, -0.1) is 0 Å². The third-order valence-electron chi connectivity index (χ3n) is 5.00. The van der Waals surface area contributed by atoms with E-state index < -0.39 is 0 Å². The van der Waals surface area contributed by atoms with Gasteiger partial charge in [0.15, 0.2) is 0 Å². The quantitative estimate of drug-likeness (QED) is 0.728. The Bertz CT molecular complexity index is 791.